The number of rotatable bonds is 6. The van der Waals surface area contributed by atoms with Gasteiger partial charge in [0.05, 0.1) is 19.3 Å². The molecule has 2 aliphatic heterocycles. The standard InChI is InChI=1S/C21H27ClN2O5.C11H18N4O2/c1-6-28-20(26)29-18-17(16-13(2)11-15(22)12-14(16)3)19(25)23(4)21(18)7-9-24(27-5)10-8-21;1-7-8(2)12-10(14(3)4)13-9(7)17-11(16)15(5)6/h11-12H,6-10H2,1-5H3;1-6H3. The van der Waals surface area contributed by atoms with Gasteiger partial charge in [0.15, 0.2) is 5.76 Å². The van der Waals surface area contributed by atoms with E-state index in [1.54, 1.807) is 45.0 Å². The van der Waals surface area contributed by atoms with E-state index in [1.165, 1.54) is 4.90 Å². The van der Waals surface area contributed by atoms with E-state index in [9.17, 15) is 14.4 Å². The van der Waals surface area contributed by atoms with Crippen LogP contribution >= 0.6 is 11.6 Å². The van der Waals surface area contributed by atoms with Gasteiger partial charge in [-0.05, 0) is 76.3 Å². The smallest absolute Gasteiger partial charge is 0.434 e. The molecule has 252 valence electrons. The van der Waals surface area contributed by atoms with Crippen molar-refractivity contribution in [2.24, 2.45) is 0 Å². The molecule has 2 aromatic rings. The summed E-state index contributed by atoms with van der Waals surface area (Å²) in [7, 11) is 10.3. The number of anilines is 1. The van der Waals surface area contributed by atoms with Gasteiger partial charge in [-0.1, -0.05) is 11.6 Å². The maximum absolute atomic E-state index is 13.4. The molecular formula is C32H45ClN6O7. The molecule has 2 amide bonds. The van der Waals surface area contributed by atoms with E-state index in [1.807, 2.05) is 59.0 Å². The number of halogens is 1. The first kappa shape index (κ1) is 36.5. The van der Waals surface area contributed by atoms with Crippen LogP contribution in [-0.4, -0.2) is 111 Å². The first-order valence-corrected chi connectivity index (χ1v) is 15.3. The van der Waals surface area contributed by atoms with Crippen LogP contribution in [0.15, 0.2) is 17.9 Å². The first-order valence-electron chi connectivity index (χ1n) is 14.9. The van der Waals surface area contributed by atoms with Gasteiger partial charge in [0, 0.05) is 64.6 Å². The largest absolute Gasteiger partial charge is 0.513 e. The van der Waals surface area contributed by atoms with Crippen molar-refractivity contribution in [2.75, 3.05) is 66.9 Å². The zero-order chi connectivity index (χ0) is 34.5. The Morgan fingerprint density at radius 3 is 2.09 bits per heavy atom. The number of benzene rings is 1. The summed E-state index contributed by atoms with van der Waals surface area (Å²) in [5.41, 5.74) is 3.68. The normalized spacial score (nSPS) is 15.8. The van der Waals surface area contributed by atoms with Crippen molar-refractivity contribution in [3.8, 4) is 5.88 Å². The predicted octanol–water partition coefficient (Wildman–Crippen LogP) is 4.93. The van der Waals surface area contributed by atoms with E-state index in [2.05, 4.69) is 9.97 Å². The molecule has 1 spiro atoms. The lowest BCUT2D eigenvalue weighted by Crippen LogP contribution is -2.53. The van der Waals surface area contributed by atoms with E-state index in [-0.39, 0.29) is 12.5 Å². The van der Waals surface area contributed by atoms with Crippen molar-refractivity contribution in [1.29, 1.82) is 0 Å². The highest BCUT2D eigenvalue weighted by Crippen LogP contribution is 2.47. The number of hydrogen-bond donors (Lipinski definition) is 0. The molecule has 4 rings (SSSR count). The molecule has 1 saturated heterocycles. The molecule has 0 bridgehead atoms. The van der Waals surface area contributed by atoms with Crippen LogP contribution in [0.1, 0.15) is 47.7 Å². The second-order valence-electron chi connectivity index (χ2n) is 11.6. The summed E-state index contributed by atoms with van der Waals surface area (Å²) >= 11 is 6.19. The van der Waals surface area contributed by atoms with Gasteiger partial charge >= 0.3 is 12.2 Å². The molecule has 0 N–H and O–H groups in total. The Labute approximate surface area is 275 Å². The summed E-state index contributed by atoms with van der Waals surface area (Å²) in [4.78, 5) is 55.9. The van der Waals surface area contributed by atoms with E-state index >= 15 is 0 Å². The SMILES string of the molecule is CCOC(=O)OC1=C(c2c(C)cc(Cl)cc2C)C(=O)N(C)C12CCN(OC)CC2.Cc1nc(N(C)C)nc(OC(=O)N(C)C)c1C. The maximum Gasteiger partial charge on any atom is 0.513 e. The summed E-state index contributed by atoms with van der Waals surface area (Å²) in [5, 5.41) is 2.43. The van der Waals surface area contributed by atoms with Gasteiger partial charge in [-0.25, -0.2) is 14.6 Å². The van der Waals surface area contributed by atoms with Crippen LogP contribution in [0.5, 0.6) is 5.88 Å². The third-order valence-electron chi connectivity index (χ3n) is 8.09. The van der Waals surface area contributed by atoms with Gasteiger partial charge in [0.25, 0.3) is 5.91 Å². The third-order valence-corrected chi connectivity index (χ3v) is 8.31. The highest BCUT2D eigenvalue weighted by atomic mass is 35.5. The van der Waals surface area contributed by atoms with Crippen LogP contribution in [0.3, 0.4) is 0 Å². The molecule has 1 aromatic carbocycles. The topological polar surface area (TPSA) is 127 Å². The van der Waals surface area contributed by atoms with Gasteiger partial charge in [-0.2, -0.15) is 10.0 Å². The highest BCUT2D eigenvalue weighted by Gasteiger charge is 2.54. The van der Waals surface area contributed by atoms with Gasteiger partial charge < -0.3 is 33.7 Å². The number of nitrogens with zero attached hydrogens (tertiary/aromatic N) is 6. The molecule has 0 radical (unpaired) electrons. The summed E-state index contributed by atoms with van der Waals surface area (Å²) < 4.78 is 15.9. The fourth-order valence-electron chi connectivity index (χ4n) is 5.41. The molecule has 3 heterocycles. The zero-order valence-corrected chi connectivity index (χ0v) is 29.4. The minimum atomic E-state index is -0.805. The predicted molar refractivity (Wildman–Crippen MR) is 175 cm³/mol. The van der Waals surface area contributed by atoms with Crippen molar-refractivity contribution >= 4 is 41.3 Å². The number of ether oxygens (including phenoxy) is 3. The fraction of sp³-hybridized carbons (Fsp3) is 0.531. The molecule has 0 aliphatic carbocycles. The lowest BCUT2D eigenvalue weighted by Gasteiger charge is -2.43. The van der Waals surface area contributed by atoms with Gasteiger partial charge in [-0.3, -0.25) is 4.79 Å². The number of carbonyl (C=O) groups is 3. The van der Waals surface area contributed by atoms with Crippen molar-refractivity contribution in [2.45, 2.75) is 53.0 Å². The fourth-order valence-corrected chi connectivity index (χ4v) is 5.74. The van der Waals surface area contributed by atoms with E-state index < -0.39 is 17.8 Å². The summed E-state index contributed by atoms with van der Waals surface area (Å²) in [6.45, 7) is 10.6. The number of aromatic nitrogens is 2. The molecule has 0 atom stereocenters. The van der Waals surface area contributed by atoms with Crippen molar-refractivity contribution in [1.82, 2.24) is 24.8 Å². The first-order chi connectivity index (χ1) is 21.6. The maximum atomic E-state index is 13.4. The second kappa shape index (κ2) is 15.1. The zero-order valence-electron chi connectivity index (χ0n) is 28.6. The van der Waals surface area contributed by atoms with Crippen LogP contribution in [0.4, 0.5) is 15.5 Å². The molecule has 13 nitrogen and oxygen atoms in total. The Kier molecular flexibility index (Phi) is 12.0. The number of piperidine rings is 1. The number of hydrogen-bond acceptors (Lipinski definition) is 11. The van der Waals surface area contributed by atoms with Crippen LogP contribution < -0.4 is 9.64 Å². The lowest BCUT2D eigenvalue weighted by molar-refractivity contribution is -0.162. The monoisotopic (exact) mass is 660 g/mol. The average Bonchev–Trinajstić information content (AvgIpc) is 3.17. The van der Waals surface area contributed by atoms with E-state index in [0.717, 1.165) is 27.9 Å². The lowest BCUT2D eigenvalue weighted by atomic mass is 9.84. The summed E-state index contributed by atoms with van der Waals surface area (Å²) in [5.74, 6) is 1.01. The quantitative estimate of drug-likeness (QED) is 0.392. The van der Waals surface area contributed by atoms with Crippen LogP contribution in [-0.2, 0) is 19.1 Å². The average molecular weight is 661 g/mol. The van der Waals surface area contributed by atoms with Gasteiger partial charge in [0.2, 0.25) is 11.8 Å². The minimum Gasteiger partial charge on any atom is -0.434 e. The van der Waals surface area contributed by atoms with Crippen molar-refractivity contribution in [3.05, 3.63) is 50.9 Å². The number of amides is 2. The van der Waals surface area contributed by atoms with Crippen molar-refractivity contribution in [3.63, 3.8) is 0 Å². The number of likely N-dealkylation sites (N-methyl/N-ethyl adjacent to an activating group) is 1. The van der Waals surface area contributed by atoms with Crippen LogP contribution in [0, 0.1) is 27.7 Å². The van der Waals surface area contributed by atoms with Gasteiger partial charge in [0.1, 0.15) is 5.54 Å². The Morgan fingerprint density at radius 1 is 1.00 bits per heavy atom. The summed E-state index contributed by atoms with van der Waals surface area (Å²) in [6.07, 6.45) is -0.100. The molecule has 2 aliphatic rings. The highest BCUT2D eigenvalue weighted by molar-refractivity contribution is 6.31. The van der Waals surface area contributed by atoms with Crippen molar-refractivity contribution < 1.29 is 33.4 Å². The number of carbonyl (C=O) groups excluding carboxylic acids is 3. The Hall–Kier alpha value is -3.94. The molecule has 0 saturated carbocycles. The third kappa shape index (κ3) is 7.71. The summed E-state index contributed by atoms with van der Waals surface area (Å²) in [6, 6.07) is 3.62. The molecule has 14 heteroatoms. The van der Waals surface area contributed by atoms with E-state index in [0.29, 0.717) is 54.1 Å². The van der Waals surface area contributed by atoms with Crippen LogP contribution in [0.2, 0.25) is 5.02 Å². The Bertz CT molecular complexity index is 1480. The molecule has 46 heavy (non-hydrogen) atoms. The minimum absolute atomic E-state index is 0.177. The van der Waals surface area contributed by atoms with Gasteiger partial charge in [-0.15, -0.1) is 0 Å². The number of aryl methyl sites for hydroxylation is 3. The molecular weight excluding hydrogens is 616 g/mol. The molecule has 1 fully saturated rings. The Balaban J connectivity index is 0.000000289. The number of hydroxylamine groups is 2. The second-order valence-corrected chi connectivity index (χ2v) is 12.0. The Morgan fingerprint density at radius 2 is 1.59 bits per heavy atom. The van der Waals surface area contributed by atoms with E-state index in [4.69, 9.17) is 30.6 Å². The molecule has 0 unspecified atom stereocenters. The molecule has 1 aromatic heterocycles. The van der Waals surface area contributed by atoms with Crippen LogP contribution in [0.25, 0.3) is 5.57 Å².